The van der Waals surface area contributed by atoms with Gasteiger partial charge in [0.2, 0.25) is 0 Å². The minimum Gasteiger partial charge on any atom is -0.388 e. The maximum Gasteiger partial charge on any atom is 0.0821 e. The van der Waals surface area contributed by atoms with Crippen LogP contribution < -0.4 is 10.6 Å². The minimum absolute atomic E-state index is 0.0665. The Morgan fingerprint density at radius 3 is 2.58 bits per heavy atom. The number of hydrogen-bond donors (Lipinski definition) is 2. The van der Waals surface area contributed by atoms with E-state index in [0.717, 1.165) is 37.8 Å². The molecule has 0 spiro atoms. The summed E-state index contributed by atoms with van der Waals surface area (Å²) in [6, 6.07) is 8.34. The molecule has 0 aliphatic heterocycles. The molecule has 3 heteroatoms. The topological polar surface area (TPSA) is 49.5 Å². The van der Waals surface area contributed by atoms with E-state index in [1.54, 1.807) is 0 Å². The predicted molar refractivity (Wildman–Crippen MR) is 80.3 cm³/mol. The van der Waals surface area contributed by atoms with Crippen molar-refractivity contribution in [3.8, 4) is 0 Å². The molecule has 2 rings (SSSR count). The van der Waals surface area contributed by atoms with Crippen LogP contribution in [0.1, 0.15) is 50.6 Å². The van der Waals surface area contributed by atoms with Gasteiger partial charge in [-0.3, -0.25) is 0 Å². The molecule has 3 nitrogen and oxygen atoms in total. The van der Waals surface area contributed by atoms with E-state index in [4.69, 9.17) is 5.73 Å². The SMILES string of the molecule is CC[C@H](N)c1ccccc1N(C)CC1(O)CCCC1. The summed E-state index contributed by atoms with van der Waals surface area (Å²) in [6.07, 6.45) is 5.04. The van der Waals surface area contributed by atoms with Gasteiger partial charge in [0.05, 0.1) is 5.60 Å². The molecule has 1 aromatic rings. The van der Waals surface area contributed by atoms with Gasteiger partial charge in [0.25, 0.3) is 0 Å². The Morgan fingerprint density at radius 1 is 1.32 bits per heavy atom. The van der Waals surface area contributed by atoms with Gasteiger partial charge in [-0.2, -0.15) is 0 Å². The molecule has 0 aromatic heterocycles. The smallest absolute Gasteiger partial charge is 0.0821 e. The molecule has 0 bridgehead atoms. The molecule has 1 aromatic carbocycles. The van der Waals surface area contributed by atoms with Crippen molar-refractivity contribution in [3.05, 3.63) is 29.8 Å². The monoisotopic (exact) mass is 262 g/mol. The van der Waals surface area contributed by atoms with Gasteiger partial charge in [-0.05, 0) is 30.9 Å². The van der Waals surface area contributed by atoms with Gasteiger partial charge in [0.1, 0.15) is 0 Å². The molecule has 106 valence electrons. The number of likely N-dealkylation sites (N-methyl/N-ethyl adjacent to an activating group) is 1. The third-order valence-electron chi connectivity index (χ3n) is 4.25. The Hall–Kier alpha value is -1.06. The highest BCUT2D eigenvalue weighted by molar-refractivity contribution is 5.54. The van der Waals surface area contributed by atoms with Crippen LogP contribution in [-0.2, 0) is 0 Å². The highest BCUT2D eigenvalue weighted by atomic mass is 16.3. The number of aliphatic hydroxyl groups is 1. The summed E-state index contributed by atoms with van der Waals surface area (Å²) in [6.45, 7) is 2.80. The molecular weight excluding hydrogens is 236 g/mol. The first-order valence-electron chi connectivity index (χ1n) is 7.34. The van der Waals surface area contributed by atoms with Gasteiger partial charge in [-0.15, -0.1) is 0 Å². The van der Waals surface area contributed by atoms with Gasteiger partial charge >= 0.3 is 0 Å². The molecular formula is C16H26N2O. The fraction of sp³-hybridized carbons (Fsp3) is 0.625. The largest absolute Gasteiger partial charge is 0.388 e. The predicted octanol–water partition coefficient (Wildman–Crippen LogP) is 2.84. The second-order valence-corrected chi connectivity index (χ2v) is 5.86. The van der Waals surface area contributed by atoms with Crippen LogP contribution >= 0.6 is 0 Å². The second kappa shape index (κ2) is 5.93. The number of anilines is 1. The van der Waals surface area contributed by atoms with Crippen molar-refractivity contribution in [2.45, 2.75) is 50.7 Å². The maximum atomic E-state index is 10.5. The fourth-order valence-corrected chi connectivity index (χ4v) is 3.09. The maximum absolute atomic E-state index is 10.5. The van der Waals surface area contributed by atoms with E-state index >= 15 is 0 Å². The lowest BCUT2D eigenvalue weighted by molar-refractivity contribution is 0.0559. The van der Waals surface area contributed by atoms with E-state index in [1.807, 2.05) is 12.1 Å². The zero-order valence-corrected chi connectivity index (χ0v) is 12.1. The lowest BCUT2D eigenvalue weighted by atomic mass is 9.99. The minimum atomic E-state index is -0.516. The zero-order chi connectivity index (χ0) is 13.9. The zero-order valence-electron chi connectivity index (χ0n) is 12.1. The Kier molecular flexibility index (Phi) is 4.48. The van der Waals surface area contributed by atoms with Gasteiger partial charge < -0.3 is 15.7 Å². The number of benzene rings is 1. The van der Waals surface area contributed by atoms with E-state index in [-0.39, 0.29) is 6.04 Å². The fourth-order valence-electron chi connectivity index (χ4n) is 3.09. The van der Waals surface area contributed by atoms with Crippen LogP contribution in [0.3, 0.4) is 0 Å². The van der Waals surface area contributed by atoms with Crippen LogP contribution in [0.15, 0.2) is 24.3 Å². The number of rotatable bonds is 5. The van der Waals surface area contributed by atoms with Crippen LogP contribution in [0.25, 0.3) is 0 Å². The van der Waals surface area contributed by atoms with Gasteiger partial charge in [0.15, 0.2) is 0 Å². The molecule has 1 fully saturated rings. The van der Waals surface area contributed by atoms with Crippen molar-refractivity contribution in [1.82, 2.24) is 0 Å². The quantitative estimate of drug-likeness (QED) is 0.858. The van der Waals surface area contributed by atoms with Gasteiger partial charge in [-0.1, -0.05) is 38.0 Å². The summed E-state index contributed by atoms with van der Waals surface area (Å²) < 4.78 is 0. The highest BCUT2D eigenvalue weighted by Gasteiger charge is 2.32. The Labute approximate surface area is 116 Å². The van der Waals surface area contributed by atoms with E-state index in [2.05, 4.69) is 31.0 Å². The van der Waals surface area contributed by atoms with Gasteiger partial charge in [-0.25, -0.2) is 0 Å². The lowest BCUT2D eigenvalue weighted by Gasteiger charge is -2.32. The highest BCUT2D eigenvalue weighted by Crippen LogP contribution is 2.33. The summed E-state index contributed by atoms with van der Waals surface area (Å²) in [5.41, 5.74) is 7.99. The summed E-state index contributed by atoms with van der Waals surface area (Å²) in [5, 5.41) is 10.5. The first kappa shape index (κ1) is 14.4. The summed E-state index contributed by atoms with van der Waals surface area (Å²) in [5.74, 6) is 0. The number of hydrogen-bond acceptors (Lipinski definition) is 3. The van der Waals surface area contributed by atoms with Crippen molar-refractivity contribution in [3.63, 3.8) is 0 Å². The number of nitrogens with zero attached hydrogens (tertiary/aromatic N) is 1. The molecule has 0 amide bonds. The average molecular weight is 262 g/mol. The summed E-state index contributed by atoms with van der Waals surface area (Å²) >= 11 is 0. The molecule has 0 heterocycles. The van der Waals surface area contributed by atoms with Crippen LogP contribution in [0.5, 0.6) is 0 Å². The van der Waals surface area contributed by atoms with Crippen molar-refractivity contribution < 1.29 is 5.11 Å². The van der Waals surface area contributed by atoms with Crippen molar-refractivity contribution in [2.24, 2.45) is 5.73 Å². The molecule has 1 aliphatic rings. The third kappa shape index (κ3) is 3.28. The third-order valence-corrected chi connectivity index (χ3v) is 4.25. The number of para-hydroxylation sites is 1. The van der Waals surface area contributed by atoms with Crippen LogP contribution in [0.4, 0.5) is 5.69 Å². The molecule has 1 saturated carbocycles. The first-order valence-corrected chi connectivity index (χ1v) is 7.34. The molecule has 1 aliphatic carbocycles. The summed E-state index contributed by atoms with van der Waals surface area (Å²) in [7, 11) is 2.05. The molecule has 19 heavy (non-hydrogen) atoms. The molecule has 0 saturated heterocycles. The van der Waals surface area contributed by atoms with Crippen molar-refractivity contribution in [1.29, 1.82) is 0 Å². The van der Waals surface area contributed by atoms with E-state index in [1.165, 1.54) is 5.56 Å². The summed E-state index contributed by atoms with van der Waals surface area (Å²) in [4.78, 5) is 2.16. The van der Waals surface area contributed by atoms with Crippen molar-refractivity contribution >= 4 is 5.69 Å². The van der Waals surface area contributed by atoms with Crippen LogP contribution in [0.2, 0.25) is 0 Å². The second-order valence-electron chi connectivity index (χ2n) is 5.86. The van der Waals surface area contributed by atoms with E-state index < -0.39 is 5.60 Å². The van der Waals surface area contributed by atoms with Crippen molar-refractivity contribution in [2.75, 3.05) is 18.5 Å². The standard InChI is InChI=1S/C16H26N2O/c1-3-14(17)13-8-4-5-9-15(13)18(2)12-16(19)10-6-7-11-16/h4-5,8-9,14,19H,3,6-7,10-12,17H2,1-2H3/t14-/m0/s1. The Balaban J connectivity index is 2.16. The Morgan fingerprint density at radius 2 is 1.95 bits per heavy atom. The molecule has 0 radical (unpaired) electrons. The Bertz CT molecular complexity index is 413. The van der Waals surface area contributed by atoms with Crippen LogP contribution in [0, 0.1) is 0 Å². The first-order chi connectivity index (χ1) is 9.06. The molecule has 0 unspecified atom stereocenters. The normalized spacial score (nSPS) is 19.4. The molecule has 3 N–H and O–H groups in total. The van der Waals surface area contributed by atoms with E-state index in [0.29, 0.717) is 6.54 Å². The lowest BCUT2D eigenvalue weighted by Crippen LogP contribution is -2.39. The van der Waals surface area contributed by atoms with Crippen LogP contribution in [-0.4, -0.2) is 24.3 Å². The molecule has 1 atom stereocenters. The van der Waals surface area contributed by atoms with E-state index in [9.17, 15) is 5.11 Å². The average Bonchev–Trinajstić information content (AvgIpc) is 2.84. The number of nitrogens with two attached hydrogens (primary N) is 1. The van der Waals surface area contributed by atoms with Gasteiger partial charge in [0, 0.05) is 25.3 Å².